The SMILES string of the molecule is CCC(CCO)NC(C)c1ccc(F)cc1. The van der Waals surface area contributed by atoms with Crippen LogP contribution in [0.4, 0.5) is 4.39 Å². The molecule has 2 N–H and O–H groups in total. The van der Waals surface area contributed by atoms with Gasteiger partial charge in [0.15, 0.2) is 0 Å². The molecule has 0 aliphatic rings. The highest BCUT2D eigenvalue weighted by Gasteiger charge is 2.11. The minimum atomic E-state index is -0.210. The zero-order chi connectivity index (χ0) is 12.0. The summed E-state index contributed by atoms with van der Waals surface area (Å²) >= 11 is 0. The number of hydrogen-bond donors (Lipinski definition) is 2. The average Bonchev–Trinajstić information content (AvgIpc) is 2.29. The van der Waals surface area contributed by atoms with Crippen molar-refractivity contribution in [3.8, 4) is 0 Å². The quantitative estimate of drug-likeness (QED) is 0.780. The number of benzene rings is 1. The summed E-state index contributed by atoms with van der Waals surface area (Å²) in [7, 11) is 0. The smallest absolute Gasteiger partial charge is 0.123 e. The normalized spacial score (nSPS) is 14.8. The van der Waals surface area contributed by atoms with Crippen molar-refractivity contribution in [2.45, 2.75) is 38.8 Å². The summed E-state index contributed by atoms with van der Waals surface area (Å²) in [6.45, 7) is 4.33. The topological polar surface area (TPSA) is 32.3 Å². The maximum absolute atomic E-state index is 12.7. The van der Waals surface area contributed by atoms with Gasteiger partial charge in [0.1, 0.15) is 5.82 Å². The number of nitrogens with one attached hydrogen (secondary N) is 1. The first-order valence-electron chi connectivity index (χ1n) is 5.79. The highest BCUT2D eigenvalue weighted by Crippen LogP contribution is 2.14. The number of rotatable bonds is 6. The standard InChI is InChI=1S/C13H20FNO/c1-3-13(8-9-16)15-10(2)11-4-6-12(14)7-5-11/h4-7,10,13,15-16H,3,8-9H2,1-2H3. The lowest BCUT2D eigenvalue weighted by molar-refractivity contribution is 0.257. The number of halogens is 1. The van der Waals surface area contributed by atoms with Gasteiger partial charge in [0.05, 0.1) is 0 Å². The summed E-state index contributed by atoms with van der Waals surface area (Å²) in [5, 5.41) is 12.3. The van der Waals surface area contributed by atoms with Crippen molar-refractivity contribution >= 4 is 0 Å². The Balaban J connectivity index is 2.56. The van der Waals surface area contributed by atoms with Gasteiger partial charge in [-0.1, -0.05) is 19.1 Å². The molecule has 0 amide bonds. The zero-order valence-electron chi connectivity index (χ0n) is 9.91. The Bertz CT molecular complexity index is 299. The van der Waals surface area contributed by atoms with Crippen molar-refractivity contribution in [3.05, 3.63) is 35.6 Å². The lowest BCUT2D eigenvalue weighted by Crippen LogP contribution is -2.31. The molecular formula is C13H20FNO. The minimum Gasteiger partial charge on any atom is -0.396 e. The maximum Gasteiger partial charge on any atom is 0.123 e. The fourth-order valence-electron chi connectivity index (χ4n) is 1.76. The molecule has 0 radical (unpaired) electrons. The van der Waals surface area contributed by atoms with Gasteiger partial charge in [-0.05, 0) is 37.5 Å². The van der Waals surface area contributed by atoms with E-state index in [1.807, 2.05) is 6.92 Å². The summed E-state index contributed by atoms with van der Waals surface area (Å²) in [6, 6.07) is 7.01. The van der Waals surface area contributed by atoms with Crippen LogP contribution in [0.1, 0.15) is 38.3 Å². The average molecular weight is 225 g/mol. The van der Waals surface area contributed by atoms with Gasteiger partial charge in [-0.2, -0.15) is 0 Å². The summed E-state index contributed by atoms with van der Waals surface area (Å²) in [6.07, 6.45) is 1.73. The molecule has 0 saturated heterocycles. The van der Waals surface area contributed by atoms with Crippen LogP contribution >= 0.6 is 0 Å². The van der Waals surface area contributed by atoms with E-state index in [0.29, 0.717) is 6.04 Å². The van der Waals surface area contributed by atoms with Crippen LogP contribution in [0.25, 0.3) is 0 Å². The van der Waals surface area contributed by atoms with E-state index in [-0.39, 0.29) is 18.5 Å². The third-order valence-corrected chi connectivity index (χ3v) is 2.83. The van der Waals surface area contributed by atoms with Crippen LogP contribution in [-0.2, 0) is 0 Å². The summed E-state index contributed by atoms with van der Waals surface area (Å²) < 4.78 is 12.7. The van der Waals surface area contributed by atoms with Crippen LogP contribution in [0.2, 0.25) is 0 Å². The third kappa shape index (κ3) is 3.91. The molecule has 0 spiro atoms. The Morgan fingerprint density at radius 2 is 1.94 bits per heavy atom. The minimum absolute atomic E-state index is 0.178. The second-order valence-electron chi connectivity index (χ2n) is 4.06. The number of aliphatic hydroxyl groups is 1. The first kappa shape index (κ1) is 13.1. The third-order valence-electron chi connectivity index (χ3n) is 2.83. The van der Waals surface area contributed by atoms with Crippen LogP contribution in [0.5, 0.6) is 0 Å². The molecule has 1 rings (SSSR count). The second-order valence-corrected chi connectivity index (χ2v) is 4.06. The molecule has 1 aromatic rings. The molecule has 0 saturated carbocycles. The highest BCUT2D eigenvalue weighted by atomic mass is 19.1. The molecule has 2 atom stereocenters. The molecule has 3 heteroatoms. The first-order valence-corrected chi connectivity index (χ1v) is 5.79. The van der Waals surface area contributed by atoms with Crippen molar-refractivity contribution in [1.82, 2.24) is 5.32 Å². The Kier molecular flexibility index (Phi) is 5.43. The molecule has 0 aromatic heterocycles. The first-order chi connectivity index (χ1) is 7.67. The van der Waals surface area contributed by atoms with Crippen LogP contribution in [0, 0.1) is 5.82 Å². The van der Waals surface area contributed by atoms with E-state index >= 15 is 0 Å². The van der Waals surface area contributed by atoms with Crippen molar-refractivity contribution in [2.75, 3.05) is 6.61 Å². The monoisotopic (exact) mass is 225 g/mol. The van der Waals surface area contributed by atoms with E-state index in [1.54, 1.807) is 12.1 Å². The maximum atomic E-state index is 12.7. The summed E-state index contributed by atoms with van der Waals surface area (Å²) in [5.74, 6) is -0.210. The van der Waals surface area contributed by atoms with Crippen molar-refractivity contribution in [3.63, 3.8) is 0 Å². The van der Waals surface area contributed by atoms with Crippen LogP contribution in [0.15, 0.2) is 24.3 Å². The zero-order valence-corrected chi connectivity index (χ0v) is 9.91. The second kappa shape index (κ2) is 6.61. The number of aliphatic hydroxyl groups excluding tert-OH is 1. The molecule has 0 fully saturated rings. The fraction of sp³-hybridized carbons (Fsp3) is 0.538. The van der Waals surface area contributed by atoms with Crippen LogP contribution in [-0.4, -0.2) is 17.8 Å². The van der Waals surface area contributed by atoms with Crippen LogP contribution in [0.3, 0.4) is 0 Å². The molecule has 2 unspecified atom stereocenters. The fourth-order valence-corrected chi connectivity index (χ4v) is 1.76. The summed E-state index contributed by atoms with van der Waals surface area (Å²) in [5.41, 5.74) is 1.07. The van der Waals surface area contributed by atoms with Gasteiger partial charge in [-0.15, -0.1) is 0 Å². The van der Waals surface area contributed by atoms with Crippen molar-refractivity contribution < 1.29 is 9.50 Å². The van der Waals surface area contributed by atoms with Gasteiger partial charge < -0.3 is 10.4 Å². The lowest BCUT2D eigenvalue weighted by atomic mass is 10.1. The molecule has 0 aliphatic heterocycles. The molecule has 0 heterocycles. The molecule has 16 heavy (non-hydrogen) atoms. The summed E-state index contributed by atoms with van der Waals surface area (Å²) in [4.78, 5) is 0. The Morgan fingerprint density at radius 1 is 1.31 bits per heavy atom. The molecule has 2 nitrogen and oxygen atoms in total. The van der Waals surface area contributed by atoms with Gasteiger partial charge in [-0.25, -0.2) is 4.39 Å². The van der Waals surface area contributed by atoms with Gasteiger partial charge in [0.25, 0.3) is 0 Å². The molecular weight excluding hydrogens is 205 g/mol. The van der Waals surface area contributed by atoms with Crippen molar-refractivity contribution in [2.24, 2.45) is 0 Å². The van der Waals surface area contributed by atoms with Gasteiger partial charge in [0, 0.05) is 18.7 Å². The van der Waals surface area contributed by atoms with E-state index in [1.165, 1.54) is 12.1 Å². The Hall–Kier alpha value is -0.930. The lowest BCUT2D eigenvalue weighted by Gasteiger charge is -2.22. The molecule has 1 aromatic carbocycles. The molecule has 90 valence electrons. The largest absolute Gasteiger partial charge is 0.396 e. The highest BCUT2D eigenvalue weighted by molar-refractivity contribution is 5.19. The predicted octanol–water partition coefficient (Wildman–Crippen LogP) is 2.64. The van der Waals surface area contributed by atoms with E-state index < -0.39 is 0 Å². The van der Waals surface area contributed by atoms with E-state index in [2.05, 4.69) is 12.2 Å². The van der Waals surface area contributed by atoms with E-state index in [9.17, 15) is 4.39 Å². The van der Waals surface area contributed by atoms with E-state index in [0.717, 1.165) is 18.4 Å². The predicted molar refractivity (Wildman–Crippen MR) is 63.7 cm³/mol. The van der Waals surface area contributed by atoms with Crippen molar-refractivity contribution in [1.29, 1.82) is 0 Å². The Morgan fingerprint density at radius 3 is 2.44 bits per heavy atom. The van der Waals surface area contributed by atoms with Gasteiger partial charge in [-0.3, -0.25) is 0 Å². The molecule has 0 bridgehead atoms. The van der Waals surface area contributed by atoms with Gasteiger partial charge in [0.2, 0.25) is 0 Å². The van der Waals surface area contributed by atoms with Gasteiger partial charge >= 0.3 is 0 Å². The van der Waals surface area contributed by atoms with E-state index in [4.69, 9.17) is 5.11 Å². The molecule has 0 aliphatic carbocycles. The number of hydrogen-bond acceptors (Lipinski definition) is 2. The van der Waals surface area contributed by atoms with Crippen LogP contribution < -0.4 is 5.32 Å². The Labute approximate surface area is 96.5 Å².